The molecule has 0 aliphatic rings. The van der Waals surface area contributed by atoms with E-state index < -0.39 is 32.5 Å². The molecular weight excluding hydrogens is 465 g/mol. The molecule has 0 fully saturated rings. The Kier molecular flexibility index (Phi) is 6.56. The third-order valence-electron chi connectivity index (χ3n) is 4.72. The smallest absolute Gasteiger partial charge is 0.414 e. The minimum Gasteiger partial charge on any atom is -0.422 e. The van der Waals surface area contributed by atoms with E-state index in [1.165, 1.54) is 37.2 Å². The lowest BCUT2D eigenvalue weighted by Gasteiger charge is -2.13. The molecule has 1 amide bonds. The molecule has 9 nitrogen and oxygen atoms in total. The standard InChI is InChI=1S/C20H19ClFN3O6S/c1-10-12-8-14(21)17(31-20(27)25(2)3)9-16(12)30-19(26)13(10)6-11-4-5-15(22)18(7-11)32(28,29)24-23/h4-5,7-9,24H,6,23H2,1-3H3. The van der Waals surface area contributed by atoms with Crippen molar-refractivity contribution in [2.45, 2.75) is 18.2 Å². The first-order chi connectivity index (χ1) is 14.9. The number of amides is 1. The Labute approximate surface area is 187 Å². The van der Waals surface area contributed by atoms with Gasteiger partial charge in [0.1, 0.15) is 16.3 Å². The number of halogens is 2. The predicted octanol–water partition coefficient (Wildman–Crippen LogP) is 2.70. The van der Waals surface area contributed by atoms with Gasteiger partial charge in [0.2, 0.25) is 0 Å². The second-order valence-corrected chi connectivity index (χ2v) is 9.19. The maximum atomic E-state index is 14.0. The number of nitrogens with one attached hydrogen (secondary N) is 1. The molecule has 0 bridgehead atoms. The molecule has 0 atom stereocenters. The van der Waals surface area contributed by atoms with Gasteiger partial charge in [-0.25, -0.2) is 22.4 Å². The van der Waals surface area contributed by atoms with Gasteiger partial charge in [0.25, 0.3) is 10.0 Å². The number of fused-ring (bicyclic) bond motifs is 1. The summed E-state index contributed by atoms with van der Waals surface area (Å²) in [6.45, 7) is 1.67. The van der Waals surface area contributed by atoms with Gasteiger partial charge in [-0.1, -0.05) is 17.7 Å². The number of benzene rings is 2. The van der Waals surface area contributed by atoms with E-state index in [0.717, 1.165) is 12.1 Å². The summed E-state index contributed by atoms with van der Waals surface area (Å²) in [6.07, 6.45) is -0.692. The maximum absolute atomic E-state index is 14.0. The molecular formula is C20H19ClFN3O6S. The number of aryl methyl sites for hydroxylation is 1. The van der Waals surface area contributed by atoms with Gasteiger partial charge in [-0.15, -0.1) is 4.83 Å². The predicted molar refractivity (Wildman–Crippen MR) is 116 cm³/mol. The summed E-state index contributed by atoms with van der Waals surface area (Å²) in [5.74, 6) is 4.02. The molecule has 0 aliphatic heterocycles. The van der Waals surface area contributed by atoms with Crippen molar-refractivity contribution in [1.82, 2.24) is 9.73 Å². The fourth-order valence-electron chi connectivity index (χ4n) is 2.99. The van der Waals surface area contributed by atoms with Crippen molar-refractivity contribution < 1.29 is 26.8 Å². The summed E-state index contributed by atoms with van der Waals surface area (Å²) < 4.78 is 48.4. The Bertz CT molecular complexity index is 1390. The molecule has 3 aromatic rings. The Balaban J connectivity index is 2.07. The topological polar surface area (TPSA) is 132 Å². The van der Waals surface area contributed by atoms with Crippen LogP contribution in [-0.4, -0.2) is 33.5 Å². The Hall–Kier alpha value is -2.99. The van der Waals surface area contributed by atoms with Crippen LogP contribution < -0.4 is 21.0 Å². The molecule has 3 N–H and O–H groups in total. The first-order valence-corrected chi connectivity index (χ1v) is 11.0. The number of ether oxygens (including phenoxy) is 1. The van der Waals surface area contributed by atoms with E-state index in [1.54, 1.807) is 11.8 Å². The zero-order valence-electron chi connectivity index (χ0n) is 17.2. The van der Waals surface area contributed by atoms with Gasteiger partial charge in [0.15, 0.2) is 5.75 Å². The summed E-state index contributed by atoms with van der Waals surface area (Å²) in [6, 6.07) is 6.25. The van der Waals surface area contributed by atoms with E-state index in [2.05, 4.69) is 0 Å². The molecule has 1 heterocycles. The molecule has 0 saturated carbocycles. The second kappa shape index (κ2) is 8.87. The van der Waals surface area contributed by atoms with Crippen molar-refractivity contribution >= 4 is 38.7 Å². The highest BCUT2D eigenvalue weighted by Gasteiger charge is 2.20. The first kappa shape index (κ1) is 23.7. The first-order valence-electron chi connectivity index (χ1n) is 9.10. The maximum Gasteiger partial charge on any atom is 0.414 e. The molecule has 0 radical (unpaired) electrons. The average Bonchev–Trinajstić information content (AvgIpc) is 2.73. The number of hydrogen-bond donors (Lipinski definition) is 2. The van der Waals surface area contributed by atoms with Gasteiger partial charge in [0.05, 0.1) is 5.02 Å². The highest BCUT2D eigenvalue weighted by molar-refractivity contribution is 7.89. The van der Waals surface area contributed by atoms with Gasteiger partial charge in [-0.3, -0.25) is 5.84 Å². The van der Waals surface area contributed by atoms with Crippen LogP contribution in [-0.2, 0) is 16.4 Å². The fourth-order valence-corrected chi connectivity index (χ4v) is 3.95. The van der Waals surface area contributed by atoms with Crippen LogP contribution in [0.25, 0.3) is 11.0 Å². The lowest BCUT2D eigenvalue weighted by molar-refractivity contribution is 0.172. The molecule has 0 saturated heterocycles. The number of hydrogen-bond acceptors (Lipinski definition) is 7. The van der Waals surface area contributed by atoms with Crippen molar-refractivity contribution in [3.05, 3.63) is 68.3 Å². The van der Waals surface area contributed by atoms with Crippen molar-refractivity contribution in [2.75, 3.05) is 14.1 Å². The van der Waals surface area contributed by atoms with Gasteiger partial charge in [-0.05, 0) is 36.2 Å². The van der Waals surface area contributed by atoms with Crippen molar-refractivity contribution in [3.63, 3.8) is 0 Å². The minimum atomic E-state index is -4.24. The third kappa shape index (κ3) is 4.60. The van der Waals surface area contributed by atoms with Crippen LogP contribution in [0, 0.1) is 12.7 Å². The van der Waals surface area contributed by atoms with Crippen LogP contribution >= 0.6 is 11.6 Å². The largest absolute Gasteiger partial charge is 0.422 e. The van der Waals surface area contributed by atoms with E-state index in [0.29, 0.717) is 16.5 Å². The van der Waals surface area contributed by atoms with Crippen molar-refractivity contribution in [2.24, 2.45) is 5.84 Å². The lowest BCUT2D eigenvalue weighted by atomic mass is 9.99. The van der Waals surface area contributed by atoms with Crippen LogP contribution in [0.1, 0.15) is 16.7 Å². The summed E-state index contributed by atoms with van der Waals surface area (Å²) in [4.78, 5) is 26.6. The number of carbonyl (C=O) groups excluding carboxylic acids is 1. The van der Waals surface area contributed by atoms with Crippen LogP contribution in [0.2, 0.25) is 5.02 Å². The van der Waals surface area contributed by atoms with E-state index in [9.17, 15) is 22.4 Å². The van der Waals surface area contributed by atoms with Crippen LogP contribution in [0.15, 0.2) is 44.4 Å². The number of nitrogens with zero attached hydrogens (tertiary/aromatic N) is 1. The highest BCUT2D eigenvalue weighted by atomic mass is 35.5. The third-order valence-corrected chi connectivity index (χ3v) is 6.22. The molecule has 0 unspecified atom stereocenters. The molecule has 170 valence electrons. The van der Waals surface area contributed by atoms with Gasteiger partial charge < -0.3 is 14.1 Å². The van der Waals surface area contributed by atoms with Crippen LogP contribution in [0.3, 0.4) is 0 Å². The SMILES string of the molecule is Cc1c(Cc2ccc(F)c(S(=O)(=O)NN)c2)c(=O)oc2cc(OC(=O)N(C)C)c(Cl)cc12. The van der Waals surface area contributed by atoms with Gasteiger partial charge in [0, 0.05) is 37.5 Å². The number of sulfonamides is 1. The highest BCUT2D eigenvalue weighted by Crippen LogP contribution is 2.32. The van der Waals surface area contributed by atoms with E-state index >= 15 is 0 Å². The van der Waals surface area contributed by atoms with Crippen LogP contribution in [0.5, 0.6) is 5.75 Å². The Morgan fingerprint density at radius 1 is 1.28 bits per heavy atom. The monoisotopic (exact) mass is 483 g/mol. The molecule has 32 heavy (non-hydrogen) atoms. The lowest BCUT2D eigenvalue weighted by Crippen LogP contribution is -2.31. The van der Waals surface area contributed by atoms with Gasteiger partial charge in [-0.2, -0.15) is 0 Å². The Morgan fingerprint density at radius 3 is 2.59 bits per heavy atom. The second-order valence-electron chi connectivity index (χ2n) is 7.10. The van der Waals surface area contributed by atoms with Crippen molar-refractivity contribution in [1.29, 1.82) is 0 Å². The van der Waals surface area contributed by atoms with Crippen molar-refractivity contribution in [3.8, 4) is 5.75 Å². The Morgan fingerprint density at radius 2 is 1.97 bits per heavy atom. The molecule has 1 aromatic heterocycles. The fraction of sp³-hybridized carbons (Fsp3) is 0.200. The van der Waals surface area contributed by atoms with Crippen LogP contribution in [0.4, 0.5) is 9.18 Å². The number of hydrazine groups is 1. The molecule has 0 aliphatic carbocycles. The average molecular weight is 484 g/mol. The zero-order valence-corrected chi connectivity index (χ0v) is 18.8. The number of rotatable bonds is 5. The summed E-state index contributed by atoms with van der Waals surface area (Å²) in [7, 11) is -1.23. The zero-order chi connectivity index (χ0) is 23.8. The van der Waals surface area contributed by atoms with Gasteiger partial charge >= 0.3 is 11.7 Å². The summed E-state index contributed by atoms with van der Waals surface area (Å²) >= 11 is 6.24. The molecule has 3 rings (SSSR count). The number of carbonyl (C=O) groups is 1. The van der Waals surface area contributed by atoms with E-state index in [4.69, 9.17) is 26.6 Å². The molecule has 2 aromatic carbocycles. The molecule has 0 spiro atoms. The quantitative estimate of drug-likeness (QED) is 0.324. The minimum absolute atomic E-state index is 0.0239. The summed E-state index contributed by atoms with van der Waals surface area (Å²) in [5, 5.41) is 0.618. The van der Waals surface area contributed by atoms with E-state index in [-0.39, 0.29) is 28.3 Å². The normalized spacial score (nSPS) is 11.6. The molecule has 12 heteroatoms. The number of nitrogens with two attached hydrogens (primary N) is 1. The summed E-state index contributed by atoms with van der Waals surface area (Å²) in [5.41, 5.74) is 0.555. The van der Waals surface area contributed by atoms with E-state index in [1.807, 2.05) is 0 Å².